The van der Waals surface area contributed by atoms with E-state index in [0.29, 0.717) is 17.4 Å². The van der Waals surface area contributed by atoms with Crippen molar-refractivity contribution < 1.29 is 5.11 Å². The molecule has 1 fully saturated rings. The van der Waals surface area contributed by atoms with Crippen LogP contribution in [0, 0.1) is 0 Å². The molecule has 1 saturated heterocycles. The number of pyridine rings is 1. The Morgan fingerprint density at radius 1 is 1.25 bits per heavy atom. The lowest BCUT2D eigenvalue weighted by Gasteiger charge is -2.35. The predicted molar refractivity (Wildman–Crippen MR) is 75.9 cm³/mol. The lowest BCUT2D eigenvalue weighted by molar-refractivity contribution is 0.188. The van der Waals surface area contributed by atoms with E-state index in [9.17, 15) is 4.79 Å². The molecule has 106 valence electrons. The largest absolute Gasteiger partial charge is 0.395 e. The van der Waals surface area contributed by atoms with Gasteiger partial charge < -0.3 is 15.0 Å². The molecule has 3 rings (SSSR count). The van der Waals surface area contributed by atoms with Gasteiger partial charge in [0.2, 0.25) is 0 Å². The van der Waals surface area contributed by atoms with Crippen LogP contribution in [0.3, 0.4) is 0 Å². The second kappa shape index (κ2) is 5.56. The van der Waals surface area contributed by atoms with E-state index in [2.05, 4.69) is 24.8 Å². The molecule has 2 aromatic heterocycles. The number of nitrogens with one attached hydrogen (secondary N) is 1. The van der Waals surface area contributed by atoms with Crippen LogP contribution in [0.1, 0.15) is 0 Å². The summed E-state index contributed by atoms with van der Waals surface area (Å²) in [4.78, 5) is 27.3. The third kappa shape index (κ3) is 2.37. The van der Waals surface area contributed by atoms with Crippen molar-refractivity contribution in [2.75, 3.05) is 44.2 Å². The lowest BCUT2D eigenvalue weighted by atomic mass is 10.2. The number of aromatic amines is 1. The van der Waals surface area contributed by atoms with E-state index in [1.54, 1.807) is 12.3 Å². The first kappa shape index (κ1) is 13.0. The number of hydrogen-bond donors (Lipinski definition) is 2. The van der Waals surface area contributed by atoms with Crippen molar-refractivity contribution in [3.8, 4) is 0 Å². The van der Waals surface area contributed by atoms with E-state index >= 15 is 0 Å². The number of H-pyrrole nitrogens is 1. The standard InChI is InChI=1S/C13H17N5O2/c19-8-7-17-3-5-18(6-4-17)12-11-10(1-2-14-12)13(20)16-9-15-11/h1-2,9,19H,3-8H2,(H,15,16,20). The number of hydrogen-bond acceptors (Lipinski definition) is 6. The van der Waals surface area contributed by atoms with Gasteiger partial charge in [-0.3, -0.25) is 9.69 Å². The molecule has 1 aliphatic rings. The third-order valence-corrected chi connectivity index (χ3v) is 3.63. The molecule has 0 aromatic carbocycles. The van der Waals surface area contributed by atoms with E-state index < -0.39 is 0 Å². The molecule has 0 saturated carbocycles. The van der Waals surface area contributed by atoms with Crippen LogP contribution >= 0.6 is 0 Å². The Bertz CT molecular complexity index is 648. The van der Waals surface area contributed by atoms with Crippen LogP contribution in [0.4, 0.5) is 5.82 Å². The van der Waals surface area contributed by atoms with E-state index in [1.807, 2.05) is 0 Å². The van der Waals surface area contributed by atoms with Crippen LogP contribution in [0.25, 0.3) is 10.9 Å². The van der Waals surface area contributed by atoms with Crippen LogP contribution in [-0.2, 0) is 0 Å². The fourth-order valence-electron chi connectivity index (χ4n) is 2.54. The molecule has 3 heterocycles. The Morgan fingerprint density at radius 3 is 2.80 bits per heavy atom. The molecule has 2 N–H and O–H groups in total. The molecule has 20 heavy (non-hydrogen) atoms. The summed E-state index contributed by atoms with van der Waals surface area (Å²) in [7, 11) is 0. The molecule has 0 spiro atoms. The van der Waals surface area contributed by atoms with Gasteiger partial charge in [-0.1, -0.05) is 0 Å². The monoisotopic (exact) mass is 275 g/mol. The summed E-state index contributed by atoms with van der Waals surface area (Å²) >= 11 is 0. The number of rotatable bonds is 3. The molecule has 0 unspecified atom stereocenters. The Labute approximate surface area is 115 Å². The van der Waals surface area contributed by atoms with E-state index in [0.717, 1.165) is 32.0 Å². The van der Waals surface area contributed by atoms with Gasteiger partial charge >= 0.3 is 0 Å². The van der Waals surface area contributed by atoms with Crippen LogP contribution in [0.15, 0.2) is 23.4 Å². The third-order valence-electron chi connectivity index (χ3n) is 3.63. The first-order chi connectivity index (χ1) is 9.79. The fraction of sp³-hybridized carbons (Fsp3) is 0.462. The van der Waals surface area contributed by atoms with E-state index in [1.165, 1.54) is 6.33 Å². The van der Waals surface area contributed by atoms with E-state index in [4.69, 9.17) is 5.11 Å². The SMILES string of the molecule is O=c1[nH]cnc2c(N3CCN(CCO)CC3)nccc12. The first-order valence-corrected chi connectivity index (χ1v) is 6.70. The molecule has 1 aliphatic heterocycles. The van der Waals surface area contributed by atoms with E-state index in [-0.39, 0.29) is 12.2 Å². The van der Waals surface area contributed by atoms with Gasteiger partial charge in [0.25, 0.3) is 5.56 Å². The number of aromatic nitrogens is 3. The molecule has 0 aliphatic carbocycles. The summed E-state index contributed by atoms with van der Waals surface area (Å²) in [6.45, 7) is 4.28. The van der Waals surface area contributed by atoms with Crippen molar-refractivity contribution in [2.45, 2.75) is 0 Å². The summed E-state index contributed by atoms with van der Waals surface area (Å²) in [6.07, 6.45) is 3.06. The second-order valence-electron chi connectivity index (χ2n) is 4.81. The Balaban J connectivity index is 1.88. The first-order valence-electron chi connectivity index (χ1n) is 6.70. The summed E-state index contributed by atoms with van der Waals surface area (Å²) in [5.41, 5.74) is 0.504. The lowest BCUT2D eigenvalue weighted by Crippen LogP contribution is -2.47. The highest BCUT2D eigenvalue weighted by Crippen LogP contribution is 2.20. The van der Waals surface area contributed by atoms with Crippen LogP contribution in [0.5, 0.6) is 0 Å². The predicted octanol–water partition coefficient (Wildman–Crippen LogP) is -0.568. The topological polar surface area (TPSA) is 85.4 Å². The quantitative estimate of drug-likeness (QED) is 0.780. The van der Waals surface area contributed by atoms with Crippen molar-refractivity contribution >= 4 is 16.7 Å². The van der Waals surface area contributed by atoms with Gasteiger partial charge in [0.1, 0.15) is 5.52 Å². The van der Waals surface area contributed by atoms with Crippen molar-refractivity contribution in [1.29, 1.82) is 0 Å². The van der Waals surface area contributed by atoms with Crippen LogP contribution in [0.2, 0.25) is 0 Å². The highest BCUT2D eigenvalue weighted by molar-refractivity contribution is 5.87. The van der Waals surface area contributed by atoms with Crippen LogP contribution in [-0.4, -0.2) is 64.3 Å². The van der Waals surface area contributed by atoms with Gasteiger partial charge in [-0.25, -0.2) is 9.97 Å². The number of fused-ring (bicyclic) bond motifs is 1. The van der Waals surface area contributed by atoms with Crippen molar-refractivity contribution in [2.24, 2.45) is 0 Å². The number of anilines is 1. The zero-order valence-electron chi connectivity index (χ0n) is 11.1. The Morgan fingerprint density at radius 2 is 2.05 bits per heavy atom. The van der Waals surface area contributed by atoms with Crippen molar-refractivity contribution in [1.82, 2.24) is 19.9 Å². The minimum Gasteiger partial charge on any atom is -0.395 e. The minimum absolute atomic E-state index is 0.141. The smallest absolute Gasteiger partial charge is 0.258 e. The number of piperazine rings is 1. The molecule has 0 amide bonds. The van der Waals surface area contributed by atoms with Gasteiger partial charge in [-0.15, -0.1) is 0 Å². The molecular weight excluding hydrogens is 258 g/mol. The number of aliphatic hydroxyl groups is 1. The highest BCUT2D eigenvalue weighted by atomic mass is 16.3. The fourth-order valence-corrected chi connectivity index (χ4v) is 2.54. The molecule has 2 aromatic rings. The maximum absolute atomic E-state index is 11.8. The van der Waals surface area contributed by atoms with Gasteiger partial charge in [0, 0.05) is 38.9 Å². The normalized spacial score (nSPS) is 16.8. The molecular formula is C13H17N5O2. The zero-order chi connectivity index (χ0) is 13.9. The van der Waals surface area contributed by atoms with Crippen LogP contribution < -0.4 is 10.5 Å². The van der Waals surface area contributed by atoms with Gasteiger partial charge in [-0.05, 0) is 6.07 Å². The number of nitrogens with zero attached hydrogens (tertiary/aromatic N) is 4. The maximum Gasteiger partial charge on any atom is 0.258 e. The minimum atomic E-state index is -0.141. The summed E-state index contributed by atoms with van der Waals surface area (Å²) in [5.74, 6) is 0.761. The summed E-state index contributed by atoms with van der Waals surface area (Å²) in [6, 6.07) is 1.69. The van der Waals surface area contributed by atoms with Crippen molar-refractivity contribution in [3.05, 3.63) is 28.9 Å². The molecule has 7 heteroatoms. The summed E-state index contributed by atoms with van der Waals surface area (Å²) < 4.78 is 0. The Hall–Kier alpha value is -1.99. The average molecular weight is 275 g/mol. The highest BCUT2D eigenvalue weighted by Gasteiger charge is 2.20. The molecule has 7 nitrogen and oxygen atoms in total. The molecule has 0 atom stereocenters. The average Bonchev–Trinajstić information content (AvgIpc) is 2.48. The zero-order valence-corrected chi connectivity index (χ0v) is 11.1. The van der Waals surface area contributed by atoms with Gasteiger partial charge in [0.15, 0.2) is 5.82 Å². The van der Waals surface area contributed by atoms with Gasteiger partial charge in [-0.2, -0.15) is 0 Å². The number of aliphatic hydroxyl groups excluding tert-OH is 1. The molecule has 0 radical (unpaired) electrons. The maximum atomic E-state index is 11.8. The summed E-state index contributed by atoms with van der Waals surface area (Å²) in [5, 5.41) is 9.52. The Kier molecular flexibility index (Phi) is 3.62. The second-order valence-corrected chi connectivity index (χ2v) is 4.81. The molecule has 0 bridgehead atoms. The number of β-amino-alcohol motifs (C(OH)–C–C–N with tert-alkyl or cyclic N) is 1. The van der Waals surface area contributed by atoms with Gasteiger partial charge in [0.05, 0.1) is 18.3 Å². The van der Waals surface area contributed by atoms with Crippen molar-refractivity contribution in [3.63, 3.8) is 0 Å².